The number of likely N-dealkylation sites (tertiary alicyclic amines) is 1. The van der Waals surface area contributed by atoms with Gasteiger partial charge < -0.3 is 4.98 Å². The number of aromatic nitrogens is 3. The maximum absolute atomic E-state index is 13.2. The van der Waals surface area contributed by atoms with Crippen LogP contribution in [0.2, 0.25) is 5.15 Å². The van der Waals surface area contributed by atoms with Crippen LogP contribution < -0.4 is 11.1 Å². The number of fused-ring (bicyclic) bond motifs is 1. The summed E-state index contributed by atoms with van der Waals surface area (Å²) < 4.78 is 40.6. The van der Waals surface area contributed by atoms with Gasteiger partial charge in [0.25, 0.3) is 0 Å². The van der Waals surface area contributed by atoms with E-state index in [0.717, 1.165) is 48.7 Å². The molecule has 0 saturated carbocycles. The molecule has 3 aromatic rings. The Kier molecular flexibility index (Phi) is 5.42. The summed E-state index contributed by atoms with van der Waals surface area (Å²) in [7, 11) is 0. The first-order chi connectivity index (χ1) is 14.2. The SMILES string of the molecule is O=c1[nH]c2c(Cl)nc(C(F)(F)F)cc2n(Cc2cccc(CN3CCCC3)c2)c1=O. The van der Waals surface area contributed by atoms with Crippen molar-refractivity contribution in [3.8, 4) is 0 Å². The van der Waals surface area contributed by atoms with Gasteiger partial charge in [-0.25, -0.2) is 4.98 Å². The van der Waals surface area contributed by atoms with Crippen molar-refractivity contribution in [1.82, 2.24) is 19.4 Å². The average Bonchev–Trinajstić information content (AvgIpc) is 3.18. The zero-order chi connectivity index (χ0) is 21.5. The molecule has 1 saturated heterocycles. The standard InChI is InChI=1S/C20H18ClF3N4O2/c21-17-16-14(9-15(25-17)20(22,23)24)28(19(30)18(29)26-16)11-13-5-3-4-12(8-13)10-27-6-1-2-7-27/h3-5,8-9H,1-2,6-7,10-11H2,(H,26,29). The molecule has 6 nitrogen and oxygen atoms in total. The molecule has 1 fully saturated rings. The summed E-state index contributed by atoms with van der Waals surface area (Å²) in [5.41, 5.74) is -1.67. The summed E-state index contributed by atoms with van der Waals surface area (Å²) in [6, 6.07) is 8.18. The molecule has 4 rings (SSSR count). The van der Waals surface area contributed by atoms with Crippen molar-refractivity contribution in [1.29, 1.82) is 0 Å². The number of aromatic amines is 1. The van der Waals surface area contributed by atoms with E-state index in [9.17, 15) is 22.8 Å². The summed E-state index contributed by atoms with van der Waals surface area (Å²) in [6.45, 7) is 2.74. The number of nitrogens with one attached hydrogen (secondary N) is 1. The van der Waals surface area contributed by atoms with Crippen molar-refractivity contribution >= 4 is 22.6 Å². The summed E-state index contributed by atoms with van der Waals surface area (Å²) in [4.78, 5) is 32.4. The van der Waals surface area contributed by atoms with E-state index in [1.165, 1.54) is 0 Å². The van der Waals surface area contributed by atoms with E-state index in [1.54, 1.807) is 6.07 Å². The van der Waals surface area contributed by atoms with Crippen LogP contribution in [0.4, 0.5) is 13.2 Å². The third kappa shape index (κ3) is 4.13. The summed E-state index contributed by atoms with van der Waals surface area (Å²) >= 11 is 5.89. The minimum atomic E-state index is -4.75. The molecule has 0 bridgehead atoms. The second-order valence-corrected chi connectivity index (χ2v) is 7.70. The van der Waals surface area contributed by atoms with E-state index in [0.29, 0.717) is 5.56 Å². The Bertz CT molecular complexity index is 1210. The number of pyridine rings is 1. The first-order valence-corrected chi connectivity index (χ1v) is 9.81. The molecule has 2 aromatic heterocycles. The van der Waals surface area contributed by atoms with Gasteiger partial charge in [0.1, 0.15) is 11.2 Å². The Hall–Kier alpha value is -2.65. The Morgan fingerprint density at radius 3 is 2.40 bits per heavy atom. The van der Waals surface area contributed by atoms with Gasteiger partial charge in [-0.3, -0.25) is 19.1 Å². The molecular weight excluding hydrogens is 421 g/mol. The Balaban J connectivity index is 1.78. The van der Waals surface area contributed by atoms with Gasteiger partial charge in [0.15, 0.2) is 5.15 Å². The summed E-state index contributed by atoms with van der Waals surface area (Å²) in [6.07, 6.45) is -2.43. The molecule has 0 aliphatic carbocycles. The van der Waals surface area contributed by atoms with Crippen LogP contribution in [-0.4, -0.2) is 32.5 Å². The molecule has 1 aliphatic heterocycles. The number of rotatable bonds is 4. The van der Waals surface area contributed by atoms with Crippen molar-refractivity contribution in [2.45, 2.75) is 32.1 Å². The third-order valence-corrected chi connectivity index (χ3v) is 5.42. The van der Waals surface area contributed by atoms with E-state index >= 15 is 0 Å². The van der Waals surface area contributed by atoms with E-state index in [4.69, 9.17) is 11.6 Å². The van der Waals surface area contributed by atoms with Crippen LogP contribution in [0, 0.1) is 0 Å². The van der Waals surface area contributed by atoms with Crippen LogP contribution in [0.25, 0.3) is 11.0 Å². The monoisotopic (exact) mass is 438 g/mol. The first-order valence-electron chi connectivity index (χ1n) is 9.43. The van der Waals surface area contributed by atoms with E-state index < -0.39 is 28.1 Å². The van der Waals surface area contributed by atoms with Gasteiger partial charge >= 0.3 is 17.3 Å². The molecule has 0 amide bonds. The van der Waals surface area contributed by atoms with Crippen molar-refractivity contribution in [2.24, 2.45) is 0 Å². The van der Waals surface area contributed by atoms with E-state index in [-0.39, 0.29) is 17.6 Å². The van der Waals surface area contributed by atoms with Gasteiger partial charge in [0.05, 0.1) is 12.1 Å². The van der Waals surface area contributed by atoms with Gasteiger partial charge in [0.2, 0.25) is 0 Å². The van der Waals surface area contributed by atoms with Crippen molar-refractivity contribution in [3.05, 3.63) is 73.0 Å². The second-order valence-electron chi connectivity index (χ2n) is 7.34. The van der Waals surface area contributed by atoms with Crippen LogP contribution in [0.15, 0.2) is 39.9 Å². The molecule has 10 heteroatoms. The number of H-pyrrole nitrogens is 1. The minimum Gasteiger partial charge on any atom is -0.313 e. The normalized spacial score (nSPS) is 15.2. The Labute approximate surface area is 173 Å². The minimum absolute atomic E-state index is 0.0647. The van der Waals surface area contributed by atoms with Crippen molar-refractivity contribution in [2.75, 3.05) is 13.1 Å². The molecular formula is C20H18ClF3N4O2. The fraction of sp³-hybridized carbons (Fsp3) is 0.350. The van der Waals surface area contributed by atoms with E-state index in [1.807, 2.05) is 18.2 Å². The van der Waals surface area contributed by atoms with Gasteiger partial charge in [-0.2, -0.15) is 13.2 Å². The van der Waals surface area contributed by atoms with Crippen molar-refractivity contribution in [3.63, 3.8) is 0 Å². The molecule has 1 aliphatic rings. The maximum atomic E-state index is 13.2. The fourth-order valence-corrected chi connectivity index (χ4v) is 3.97. The van der Waals surface area contributed by atoms with Crippen LogP contribution in [0.3, 0.4) is 0 Å². The number of hydrogen-bond donors (Lipinski definition) is 1. The van der Waals surface area contributed by atoms with Gasteiger partial charge in [-0.1, -0.05) is 35.9 Å². The lowest BCUT2D eigenvalue weighted by atomic mass is 10.1. The summed E-state index contributed by atoms with van der Waals surface area (Å²) in [5.74, 6) is 0. The lowest BCUT2D eigenvalue weighted by Crippen LogP contribution is -2.37. The molecule has 0 spiro atoms. The lowest BCUT2D eigenvalue weighted by molar-refractivity contribution is -0.141. The second kappa shape index (κ2) is 7.88. The van der Waals surface area contributed by atoms with Gasteiger partial charge in [-0.15, -0.1) is 0 Å². The molecule has 158 valence electrons. The maximum Gasteiger partial charge on any atom is 0.433 e. The van der Waals surface area contributed by atoms with Crippen LogP contribution in [0.1, 0.15) is 29.7 Å². The van der Waals surface area contributed by atoms with Gasteiger partial charge in [-0.05, 0) is 43.1 Å². The predicted molar refractivity (Wildman–Crippen MR) is 107 cm³/mol. The molecule has 1 N–H and O–H groups in total. The first kappa shape index (κ1) is 20.6. The largest absolute Gasteiger partial charge is 0.433 e. The van der Waals surface area contributed by atoms with Crippen LogP contribution >= 0.6 is 11.6 Å². The fourth-order valence-electron chi connectivity index (χ4n) is 3.74. The highest BCUT2D eigenvalue weighted by molar-refractivity contribution is 6.33. The highest BCUT2D eigenvalue weighted by Crippen LogP contribution is 2.31. The molecule has 3 heterocycles. The number of hydrogen-bond acceptors (Lipinski definition) is 4. The highest BCUT2D eigenvalue weighted by Gasteiger charge is 2.34. The number of nitrogens with zero attached hydrogens (tertiary/aromatic N) is 3. The van der Waals surface area contributed by atoms with Crippen LogP contribution in [-0.2, 0) is 19.3 Å². The molecule has 1 aromatic carbocycles. The van der Waals surface area contributed by atoms with E-state index in [2.05, 4.69) is 14.9 Å². The zero-order valence-corrected chi connectivity index (χ0v) is 16.6. The zero-order valence-electron chi connectivity index (χ0n) is 15.8. The average molecular weight is 439 g/mol. The topological polar surface area (TPSA) is 71.0 Å². The van der Waals surface area contributed by atoms with Gasteiger partial charge in [0, 0.05) is 6.54 Å². The van der Waals surface area contributed by atoms with Crippen molar-refractivity contribution < 1.29 is 13.2 Å². The third-order valence-electron chi connectivity index (χ3n) is 5.15. The highest BCUT2D eigenvalue weighted by atomic mass is 35.5. The smallest absolute Gasteiger partial charge is 0.313 e. The quantitative estimate of drug-likeness (QED) is 0.500. The molecule has 0 atom stereocenters. The Morgan fingerprint density at radius 2 is 1.73 bits per heavy atom. The molecule has 0 unspecified atom stereocenters. The number of halogens is 4. The number of benzene rings is 1. The lowest BCUT2D eigenvalue weighted by Gasteiger charge is -2.16. The molecule has 0 radical (unpaired) electrons. The number of alkyl halides is 3. The predicted octanol–water partition coefficient (Wildman–Crippen LogP) is 3.40. The Morgan fingerprint density at radius 1 is 1.07 bits per heavy atom. The van der Waals surface area contributed by atoms with Crippen LogP contribution in [0.5, 0.6) is 0 Å². The summed E-state index contributed by atoms with van der Waals surface area (Å²) in [5, 5.41) is -0.520. The molecule has 30 heavy (non-hydrogen) atoms.